The molecule has 0 aliphatic carbocycles. The van der Waals surface area contributed by atoms with Crippen molar-refractivity contribution in [3.05, 3.63) is 66.0 Å². The lowest BCUT2D eigenvalue weighted by Gasteiger charge is -2.40. The van der Waals surface area contributed by atoms with Gasteiger partial charge in [-0.2, -0.15) is 28.2 Å². The van der Waals surface area contributed by atoms with E-state index >= 15 is 0 Å². The number of piperidine rings is 1. The minimum atomic E-state index is -4.46. The zero-order chi connectivity index (χ0) is 22.7. The van der Waals surface area contributed by atoms with E-state index in [1.165, 1.54) is 4.80 Å². The molecular formula is C22H23F3N6O. The van der Waals surface area contributed by atoms with Gasteiger partial charge in [-0.15, -0.1) is 0 Å². The van der Waals surface area contributed by atoms with E-state index in [0.717, 1.165) is 25.2 Å². The number of para-hydroxylation sites is 1. The standard InChI is InChI=1S/C22H23F3N6O/c1-15-5-4-12-30(18(15)8-9-20-26-13-16(14-27-20)22(23,24)25)21(32)17-6-2-3-7-19(17)31-28-10-11-29-31/h2-3,6-7,10-11,13-15,18H,4-5,8-9,12H2,1H3/t15-,18-/m1/s1. The van der Waals surface area contributed by atoms with Gasteiger partial charge >= 0.3 is 6.18 Å². The first-order valence-electron chi connectivity index (χ1n) is 10.5. The van der Waals surface area contributed by atoms with Crippen LogP contribution in [-0.4, -0.2) is 48.4 Å². The van der Waals surface area contributed by atoms with Crippen molar-refractivity contribution in [3.63, 3.8) is 0 Å². The van der Waals surface area contributed by atoms with E-state index in [4.69, 9.17) is 0 Å². The molecule has 0 spiro atoms. The first-order valence-corrected chi connectivity index (χ1v) is 10.5. The number of benzene rings is 1. The number of likely N-dealkylation sites (tertiary alicyclic amines) is 1. The summed E-state index contributed by atoms with van der Waals surface area (Å²) in [6.45, 7) is 2.71. The Balaban J connectivity index is 1.53. The van der Waals surface area contributed by atoms with E-state index in [2.05, 4.69) is 27.1 Å². The SMILES string of the molecule is C[C@@H]1CCCN(C(=O)c2ccccc2-n2nccn2)[C@@H]1CCc1ncc(C(F)(F)F)cn1. The zero-order valence-electron chi connectivity index (χ0n) is 17.5. The molecule has 0 N–H and O–H groups in total. The van der Waals surface area contributed by atoms with Gasteiger partial charge in [0.15, 0.2) is 0 Å². The largest absolute Gasteiger partial charge is 0.419 e. The highest BCUT2D eigenvalue weighted by molar-refractivity contribution is 5.98. The molecule has 1 saturated heterocycles. The van der Waals surface area contributed by atoms with E-state index in [1.54, 1.807) is 30.6 Å². The Morgan fingerprint density at radius 3 is 2.50 bits per heavy atom. The van der Waals surface area contributed by atoms with Crippen LogP contribution in [0.2, 0.25) is 0 Å². The highest BCUT2D eigenvalue weighted by Gasteiger charge is 2.34. The lowest BCUT2D eigenvalue weighted by atomic mass is 9.87. The molecule has 2 atom stereocenters. The maximum Gasteiger partial charge on any atom is 0.419 e. The number of hydrogen-bond donors (Lipinski definition) is 0. The summed E-state index contributed by atoms with van der Waals surface area (Å²) in [6, 6.07) is 7.12. The number of carbonyl (C=O) groups excluding carboxylic acids is 1. The number of amides is 1. The monoisotopic (exact) mass is 444 g/mol. The van der Waals surface area contributed by atoms with Crippen LogP contribution >= 0.6 is 0 Å². The summed E-state index contributed by atoms with van der Waals surface area (Å²) in [6.07, 6.45) is 3.09. The predicted octanol–water partition coefficient (Wildman–Crippen LogP) is 3.95. The minimum absolute atomic E-state index is 0.0687. The van der Waals surface area contributed by atoms with Crippen LogP contribution in [0.5, 0.6) is 0 Å². The fourth-order valence-electron chi connectivity index (χ4n) is 4.17. The predicted molar refractivity (Wildman–Crippen MR) is 110 cm³/mol. The highest BCUT2D eigenvalue weighted by Crippen LogP contribution is 2.30. The van der Waals surface area contributed by atoms with Crippen molar-refractivity contribution >= 4 is 5.91 Å². The fraction of sp³-hybridized carbons (Fsp3) is 0.409. The molecule has 1 aliphatic rings. The topological polar surface area (TPSA) is 76.8 Å². The molecule has 3 heterocycles. The number of aryl methyl sites for hydroxylation is 1. The molecular weight excluding hydrogens is 421 g/mol. The lowest BCUT2D eigenvalue weighted by Crippen LogP contribution is -2.48. The van der Waals surface area contributed by atoms with Gasteiger partial charge in [0.1, 0.15) is 5.82 Å². The van der Waals surface area contributed by atoms with Gasteiger partial charge in [0.25, 0.3) is 5.91 Å². The second-order valence-electron chi connectivity index (χ2n) is 7.95. The summed E-state index contributed by atoms with van der Waals surface area (Å²) in [5, 5.41) is 8.29. The molecule has 7 nitrogen and oxygen atoms in total. The molecule has 3 aromatic rings. The Morgan fingerprint density at radius 1 is 1.12 bits per heavy atom. The summed E-state index contributed by atoms with van der Waals surface area (Å²) in [5.74, 6) is 0.476. The molecule has 32 heavy (non-hydrogen) atoms. The smallest absolute Gasteiger partial charge is 0.335 e. The number of hydrogen-bond acceptors (Lipinski definition) is 5. The molecule has 0 saturated carbocycles. The van der Waals surface area contributed by atoms with Crippen molar-refractivity contribution in [2.24, 2.45) is 5.92 Å². The average Bonchev–Trinajstić information content (AvgIpc) is 3.32. The van der Waals surface area contributed by atoms with E-state index < -0.39 is 11.7 Å². The van der Waals surface area contributed by atoms with Crippen molar-refractivity contribution < 1.29 is 18.0 Å². The second kappa shape index (κ2) is 9.05. The Hall–Kier alpha value is -3.30. The molecule has 0 unspecified atom stereocenters. The summed E-state index contributed by atoms with van der Waals surface area (Å²) < 4.78 is 38.2. The normalized spacial score (nSPS) is 19.2. The van der Waals surface area contributed by atoms with E-state index in [-0.39, 0.29) is 17.9 Å². The first-order chi connectivity index (χ1) is 15.3. The Bertz CT molecular complexity index is 1050. The fourth-order valence-corrected chi connectivity index (χ4v) is 4.17. The van der Waals surface area contributed by atoms with Gasteiger partial charge in [0, 0.05) is 31.4 Å². The van der Waals surface area contributed by atoms with Gasteiger partial charge in [-0.1, -0.05) is 19.1 Å². The molecule has 4 rings (SSSR count). The zero-order valence-corrected chi connectivity index (χ0v) is 17.5. The van der Waals surface area contributed by atoms with E-state index in [1.807, 2.05) is 11.0 Å². The number of alkyl halides is 3. The van der Waals surface area contributed by atoms with Gasteiger partial charge < -0.3 is 4.90 Å². The van der Waals surface area contributed by atoms with Crippen LogP contribution in [0.15, 0.2) is 49.1 Å². The van der Waals surface area contributed by atoms with Crippen molar-refractivity contribution in [1.82, 2.24) is 29.9 Å². The Kier molecular flexibility index (Phi) is 6.20. The molecule has 1 aromatic carbocycles. The molecule has 0 bridgehead atoms. The Labute approximate surface area is 183 Å². The van der Waals surface area contributed by atoms with Crippen LogP contribution in [0.3, 0.4) is 0 Å². The van der Waals surface area contributed by atoms with Crippen molar-refractivity contribution in [2.75, 3.05) is 6.54 Å². The highest BCUT2D eigenvalue weighted by atomic mass is 19.4. The van der Waals surface area contributed by atoms with Gasteiger partial charge in [0.05, 0.1) is 29.2 Å². The number of nitrogens with zero attached hydrogens (tertiary/aromatic N) is 6. The quantitative estimate of drug-likeness (QED) is 0.596. The van der Waals surface area contributed by atoms with Crippen LogP contribution in [0.4, 0.5) is 13.2 Å². The third-order valence-corrected chi connectivity index (χ3v) is 5.84. The molecule has 10 heteroatoms. The van der Waals surface area contributed by atoms with Gasteiger partial charge in [-0.3, -0.25) is 4.79 Å². The van der Waals surface area contributed by atoms with Crippen LogP contribution in [-0.2, 0) is 12.6 Å². The van der Waals surface area contributed by atoms with Crippen molar-refractivity contribution in [3.8, 4) is 5.69 Å². The molecule has 168 valence electrons. The molecule has 1 fully saturated rings. The van der Waals surface area contributed by atoms with Gasteiger partial charge in [-0.25, -0.2) is 9.97 Å². The third-order valence-electron chi connectivity index (χ3n) is 5.84. The van der Waals surface area contributed by atoms with Gasteiger partial charge in [-0.05, 0) is 37.3 Å². The molecule has 1 aliphatic heterocycles. The number of halogens is 3. The molecule has 1 amide bonds. The average molecular weight is 444 g/mol. The maximum atomic E-state index is 13.5. The first kappa shape index (κ1) is 21.9. The summed E-state index contributed by atoms with van der Waals surface area (Å²) in [5.41, 5.74) is 0.243. The van der Waals surface area contributed by atoms with Gasteiger partial charge in [0.2, 0.25) is 0 Å². The van der Waals surface area contributed by atoms with Crippen LogP contribution < -0.4 is 0 Å². The van der Waals surface area contributed by atoms with E-state index in [9.17, 15) is 18.0 Å². The minimum Gasteiger partial charge on any atom is -0.335 e. The molecule has 0 radical (unpaired) electrons. The number of carbonyl (C=O) groups is 1. The summed E-state index contributed by atoms with van der Waals surface area (Å²) >= 11 is 0. The Morgan fingerprint density at radius 2 is 1.81 bits per heavy atom. The van der Waals surface area contributed by atoms with Crippen LogP contribution in [0, 0.1) is 5.92 Å². The van der Waals surface area contributed by atoms with Crippen molar-refractivity contribution in [2.45, 2.75) is 44.8 Å². The summed E-state index contributed by atoms with van der Waals surface area (Å²) in [4.78, 5) is 24.6. The molecule has 2 aromatic heterocycles. The second-order valence-corrected chi connectivity index (χ2v) is 7.95. The lowest BCUT2D eigenvalue weighted by molar-refractivity contribution is -0.138. The van der Waals surface area contributed by atoms with Crippen LogP contribution in [0.25, 0.3) is 5.69 Å². The maximum absolute atomic E-state index is 13.5. The third kappa shape index (κ3) is 4.63. The van der Waals surface area contributed by atoms with E-state index in [0.29, 0.717) is 36.5 Å². The number of aromatic nitrogens is 5. The number of rotatable bonds is 5. The summed E-state index contributed by atoms with van der Waals surface area (Å²) in [7, 11) is 0. The van der Waals surface area contributed by atoms with Crippen molar-refractivity contribution in [1.29, 1.82) is 0 Å². The van der Waals surface area contributed by atoms with Crippen LogP contribution in [0.1, 0.15) is 47.9 Å².